The summed E-state index contributed by atoms with van der Waals surface area (Å²) in [6, 6.07) is 11.6. The molecule has 0 unspecified atom stereocenters. The molecule has 2 rings (SSSR count). The van der Waals surface area contributed by atoms with Gasteiger partial charge in [0.25, 0.3) is 5.91 Å². The van der Waals surface area contributed by atoms with E-state index in [0.29, 0.717) is 0 Å². The standard InChI is InChI=1S/C19H21NO3S/c1-2-6-17(16-7-4-3-5-8-16)20-18(21)13-23-19(22)10-9-15-11-12-24-14-15/h3-5,7-12,14,17H,2,6,13H2,1H3,(H,20,21)/b10-9+/t17-/m0/s1. The van der Waals surface area contributed by atoms with Crippen LogP contribution in [0.5, 0.6) is 0 Å². The average molecular weight is 343 g/mol. The number of esters is 1. The molecule has 1 heterocycles. The highest BCUT2D eigenvalue weighted by molar-refractivity contribution is 7.08. The normalized spacial score (nSPS) is 12.0. The van der Waals surface area contributed by atoms with Crippen molar-refractivity contribution in [1.82, 2.24) is 5.32 Å². The van der Waals surface area contributed by atoms with Gasteiger partial charge in [0, 0.05) is 6.08 Å². The van der Waals surface area contributed by atoms with Crippen molar-refractivity contribution in [3.63, 3.8) is 0 Å². The molecule has 0 saturated heterocycles. The minimum absolute atomic E-state index is 0.0660. The molecular formula is C19H21NO3S. The fourth-order valence-electron chi connectivity index (χ4n) is 2.25. The zero-order valence-electron chi connectivity index (χ0n) is 13.6. The maximum atomic E-state index is 12.0. The van der Waals surface area contributed by atoms with Gasteiger partial charge < -0.3 is 10.1 Å². The minimum Gasteiger partial charge on any atom is -0.452 e. The van der Waals surface area contributed by atoms with E-state index < -0.39 is 5.97 Å². The van der Waals surface area contributed by atoms with Crippen molar-refractivity contribution in [2.45, 2.75) is 25.8 Å². The maximum absolute atomic E-state index is 12.0. The molecule has 1 amide bonds. The van der Waals surface area contributed by atoms with Crippen LogP contribution in [0.3, 0.4) is 0 Å². The Balaban J connectivity index is 1.81. The topological polar surface area (TPSA) is 55.4 Å². The zero-order chi connectivity index (χ0) is 17.2. The molecule has 1 aromatic carbocycles. The predicted octanol–water partition coefficient (Wildman–Crippen LogP) is 3.96. The fourth-order valence-corrected chi connectivity index (χ4v) is 2.88. The maximum Gasteiger partial charge on any atom is 0.331 e. The first-order valence-electron chi connectivity index (χ1n) is 7.90. The second-order valence-electron chi connectivity index (χ2n) is 5.32. The number of carbonyl (C=O) groups is 2. The third-order valence-corrected chi connectivity index (χ3v) is 4.12. The van der Waals surface area contributed by atoms with Crippen LogP contribution in [0.2, 0.25) is 0 Å². The summed E-state index contributed by atoms with van der Waals surface area (Å²) in [6.45, 7) is 1.79. The SMILES string of the molecule is CCC[C@H](NC(=O)COC(=O)/C=C/c1ccsc1)c1ccccc1. The summed E-state index contributed by atoms with van der Waals surface area (Å²) in [6.07, 6.45) is 4.78. The molecule has 2 aromatic rings. The highest BCUT2D eigenvalue weighted by Gasteiger charge is 2.14. The number of hydrogen-bond donors (Lipinski definition) is 1. The minimum atomic E-state index is -0.525. The summed E-state index contributed by atoms with van der Waals surface area (Å²) in [5.41, 5.74) is 1.99. The van der Waals surface area contributed by atoms with Gasteiger partial charge in [-0.1, -0.05) is 43.7 Å². The number of amides is 1. The second kappa shape index (κ2) is 9.67. The van der Waals surface area contributed by atoms with E-state index in [0.717, 1.165) is 24.0 Å². The Hall–Kier alpha value is -2.40. The van der Waals surface area contributed by atoms with Gasteiger partial charge in [0.05, 0.1) is 6.04 Å². The van der Waals surface area contributed by atoms with Gasteiger partial charge in [-0.15, -0.1) is 0 Å². The van der Waals surface area contributed by atoms with E-state index >= 15 is 0 Å². The Morgan fingerprint density at radius 2 is 2.04 bits per heavy atom. The average Bonchev–Trinajstić information content (AvgIpc) is 3.12. The van der Waals surface area contributed by atoms with Gasteiger partial charge in [0.1, 0.15) is 0 Å². The van der Waals surface area contributed by atoms with Gasteiger partial charge >= 0.3 is 5.97 Å². The number of ether oxygens (including phenoxy) is 1. The van der Waals surface area contributed by atoms with Crippen LogP contribution >= 0.6 is 11.3 Å². The smallest absolute Gasteiger partial charge is 0.331 e. The summed E-state index contributed by atoms with van der Waals surface area (Å²) < 4.78 is 4.98. The van der Waals surface area contributed by atoms with Gasteiger partial charge in [-0.05, 0) is 40.5 Å². The number of hydrogen-bond acceptors (Lipinski definition) is 4. The van der Waals surface area contributed by atoms with E-state index in [4.69, 9.17) is 4.74 Å². The van der Waals surface area contributed by atoms with E-state index in [1.807, 2.05) is 47.2 Å². The molecule has 0 aliphatic heterocycles. The molecule has 0 bridgehead atoms. The largest absolute Gasteiger partial charge is 0.452 e. The Labute approximate surface area is 146 Å². The lowest BCUT2D eigenvalue weighted by molar-refractivity contribution is -0.144. The number of benzene rings is 1. The van der Waals surface area contributed by atoms with Crippen molar-refractivity contribution < 1.29 is 14.3 Å². The van der Waals surface area contributed by atoms with Crippen LogP contribution in [0, 0.1) is 0 Å². The van der Waals surface area contributed by atoms with E-state index in [2.05, 4.69) is 12.2 Å². The highest BCUT2D eigenvalue weighted by atomic mass is 32.1. The van der Waals surface area contributed by atoms with E-state index in [1.54, 1.807) is 17.4 Å². The van der Waals surface area contributed by atoms with Crippen molar-refractivity contribution in [2.75, 3.05) is 6.61 Å². The van der Waals surface area contributed by atoms with Crippen molar-refractivity contribution in [3.05, 3.63) is 64.4 Å². The van der Waals surface area contributed by atoms with Crippen LogP contribution in [-0.4, -0.2) is 18.5 Å². The lowest BCUT2D eigenvalue weighted by atomic mass is 10.0. The molecule has 1 aromatic heterocycles. The molecule has 1 N–H and O–H groups in total. The van der Waals surface area contributed by atoms with Crippen LogP contribution in [-0.2, 0) is 14.3 Å². The number of rotatable bonds is 8. The van der Waals surface area contributed by atoms with Crippen molar-refractivity contribution in [1.29, 1.82) is 0 Å². The molecule has 24 heavy (non-hydrogen) atoms. The molecule has 1 atom stereocenters. The molecule has 126 valence electrons. The summed E-state index contributed by atoms with van der Waals surface area (Å²) in [5, 5.41) is 6.77. The molecule has 0 radical (unpaired) electrons. The van der Waals surface area contributed by atoms with Crippen LogP contribution in [0.25, 0.3) is 6.08 Å². The highest BCUT2D eigenvalue weighted by Crippen LogP contribution is 2.17. The molecule has 0 saturated carbocycles. The van der Waals surface area contributed by atoms with E-state index in [1.165, 1.54) is 6.08 Å². The van der Waals surface area contributed by atoms with Crippen LogP contribution < -0.4 is 5.32 Å². The quantitative estimate of drug-likeness (QED) is 0.583. The molecule has 0 spiro atoms. The predicted molar refractivity (Wildman–Crippen MR) is 96.5 cm³/mol. The monoisotopic (exact) mass is 343 g/mol. The Morgan fingerprint density at radius 1 is 1.25 bits per heavy atom. The van der Waals surface area contributed by atoms with Crippen molar-refractivity contribution >= 4 is 29.3 Å². The Bertz CT molecular complexity index is 665. The van der Waals surface area contributed by atoms with Crippen molar-refractivity contribution in [2.24, 2.45) is 0 Å². The third kappa shape index (κ3) is 6.01. The first-order valence-corrected chi connectivity index (χ1v) is 8.84. The van der Waals surface area contributed by atoms with Gasteiger partial charge in [0.2, 0.25) is 0 Å². The van der Waals surface area contributed by atoms with Gasteiger partial charge in [-0.2, -0.15) is 11.3 Å². The van der Waals surface area contributed by atoms with Gasteiger partial charge in [0.15, 0.2) is 6.61 Å². The Morgan fingerprint density at radius 3 is 2.71 bits per heavy atom. The molecule has 0 fully saturated rings. The zero-order valence-corrected chi connectivity index (χ0v) is 14.4. The first-order chi connectivity index (χ1) is 11.7. The van der Waals surface area contributed by atoms with Crippen LogP contribution in [0.4, 0.5) is 0 Å². The summed E-state index contributed by atoms with van der Waals surface area (Å²) in [5.74, 6) is -0.822. The van der Waals surface area contributed by atoms with Crippen LogP contribution in [0.1, 0.15) is 36.9 Å². The molecular weight excluding hydrogens is 322 g/mol. The molecule has 0 aliphatic carbocycles. The number of carbonyl (C=O) groups excluding carboxylic acids is 2. The van der Waals surface area contributed by atoms with Crippen molar-refractivity contribution in [3.8, 4) is 0 Å². The fraction of sp³-hybridized carbons (Fsp3) is 0.263. The molecule has 0 aliphatic rings. The second-order valence-corrected chi connectivity index (χ2v) is 6.10. The van der Waals surface area contributed by atoms with Gasteiger partial charge in [-0.25, -0.2) is 4.79 Å². The molecule has 4 nitrogen and oxygen atoms in total. The van der Waals surface area contributed by atoms with E-state index in [-0.39, 0.29) is 18.6 Å². The number of thiophene rings is 1. The summed E-state index contributed by atoms with van der Waals surface area (Å²) >= 11 is 1.55. The lowest BCUT2D eigenvalue weighted by Crippen LogP contribution is -2.32. The first kappa shape index (κ1) is 17.9. The van der Waals surface area contributed by atoms with Gasteiger partial charge in [-0.3, -0.25) is 4.79 Å². The lowest BCUT2D eigenvalue weighted by Gasteiger charge is -2.18. The number of nitrogens with one attached hydrogen (secondary N) is 1. The summed E-state index contributed by atoms with van der Waals surface area (Å²) in [7, 11) is 0. The molecule has 5 heteroatoms. The Kier molecular flexibility index (Phi) is 7.23. The third-order valence-electron chi connectivity index (χ3n) is 3.42. The summed E-state index contributed by atoms with van der Waals surface area (Å²) in [4.78, 5) is 23.7. The van der Waals surface area contributed by atoms with E-state index in [9.17, 15) is 9.59 Å². The van der Waals surface area contributed by atoms with Crippen LogP contribution in [0.15, 0.2) is 53.2 Å².